The van der Waals surface area contributed by atoms with Crippen molar-refractivity contribution >= 4 is 23.5 Å². The molecule has 0 aromatic heterocycles. The summed E-state index contributed by atoms with van der Waals surface area (Å²) >= 11 is 5.98. The lowest BCUT2D eigenvalue weighted by molar-refractivity contribution is 0.0696. The third-order valence-corrected chi connectivity index (χ3v) is 3.78. The maximum atomic E-state index is 12.4. The Morgan fingerprint density at radius 2 is 1.88 bits per heavy atom. The van der Waals surface area contributed by atoms with Crippen LogP contribution in [0.15, 0.2) is 42.5 Å². The number of nitrogens with one attached hydrogen (secondary N) is 1. The number of rotatable bonds is 8. The lowest BCUT2D eigenvalue weighted by Gasteiger charge is -2.12. The number of carbonyl (C=O) groups is 2. The summed E-state index contributed by atoms with van der Waals surface area (Å²) in [5.41, 5.74) is 1.59. The Kier molecular flexibility index (Phi) is 6.83. The van der Waals surface area contributed by atoms with Crippen LogP contribution in [0.4, 0.5) is 0 Å². The fourth-order valence-corrected chi connectivity index (χ4v) is 2.42. The first kappa shape index (κ1) is 18.8. The molecule has 0 atom stereocenters. The highest BCUT2D eigenvalue weighted by molar-refractivity contribution is 6.31. The highest BCUT2D eigenvalue weighted by Crippen LogP contribution is 2.23. The average molecular weight is 362 g/mol. The van der Waals surface area contributed by atoms with Crippen LogP contribution in [0.25, 0.3) is 0 Å². The normalized spacial score (nSPS) is 10.3. The maximum Gasteiger partial charge on any atom is 0.335 e. The Morgan fingerprint density at radius 3 is 2.52 bits per heavy atom. The van der Waals surface area contributed by atoms with Gasteiger partial charge in [-0.2, -0.15) is 0 Å². The molecule has 0 aliphatic rings. The van der Waals surface area contributed by atoms with E-state index in [-0.39, 0.29) is 11.5 Å². The largest absolute Gasteiger partial charge is 0.493 e. The van der Waals surface area contributed by atoms with Gasteiger partial charge in [-0.25, -0.2) is 4.79 Å². The van der Waals surface area contributed by atoms with Crippen molar-refractivity contribution in [2.24, 2.45) is 0 Å². The van der Waals surface area contributed by atoms with Gasteiger partial charge in [-0.1, -0.05) is 30.7 Å². The van der Waals surface area contributed by atoms with Crippen LogP contribution >= 0.6 is 11.6 Å². The van der Waals surface area contributed by atoms with E-state index in [0.29, 0.717) is 35.9 Å². The third kappa shape index (κ3) is 5.50. The minimum Gasteiger partial charge on any atom is -0.493 e. The van der Waals surface area contributed by atoms with Gasteiger partial charge >= 0.3 is 5.97 Å². The fourth-order valence-electron chi connectivity index (χ4n) is 2.25. The molecule has 132 valence electrons. The predicted molar refractivity (Wildman–Crippen MR) is 96.7 cm³/mol. The van der Waals surface area contributed by atoms with Gasteiger partial charge in [0.05, 0.1) is 17.7 Å². The molecule has 0 spiro atoms. The van der Waals surface area contributed by atoms with Gasteiger partial charge < -0.3 is 15.2 Å². The van der Waals surface area contributed by atoms with E-state index in [2.05, 4.69) is 5.32 Å². The van der Waals surface area contributed by atoms with Crippen LogP contribution in [0.3, 0.4) is 0 Å². The standard InChI is InChI=1S/C19H20ClNO4/c1-2-11-25-17-8-7-15(20)12-16(17)18(22)21-10-9-13-3-5-14(6-4-13)19(23)24/h3-8,12H,2,9-11H2,1H3,(H,21,22)(H,23,24). The zero-order valence-electron chi connectivity index (χ0n) is 13.9. The topological polar surface area (TPSA) is 75.6 Å². The molecule has 2 N–H and O–H groups in total. The Morgan fingerprint density at radius 1 is 1.16 bits per heavy atom. The molecule has 0 saturated heterocycles. The molecular formula is C19H20ClNO4. The molecular weight excluding hydrogens is 342 g/mol. The summed E-state index contributed by atoms with van der Waals surface area (Å²) in [7, 11) is 0. The molecule has 25 heavy (non-hydrogen) atoms. The van der Waals surface area contributed by atoms with Crippen molar-refractivity contribution in [1.29, 1.82) is 0 Å². The molecule has 0 heterocycles. The van der Waals surface area contributed by atoms with Crippen molar-refractivity contribution in [3.63, 3.8) is 0 Å². The van der Waals surface area contributed by atoms with E-state index in [0.717, 1.165) is 12.0 Å². The van der Waals surface area contributed by atoms with Crippen LogP contribution in [0.5, 0.6) is 5.75 Å². The average Bonchev–Trinajstić information content (AvgIpc) is 2.61. The molecule has 2 aromatic carbocycles. The Labute approximate surface area is 151 Å². The Hall–Kier alpha value is -2.53. The number of benzene rings is 2. The van der Waals surface area contributed by atoms with Gasteiger partial charge in [0.15, 0.2) is 0 Å². The van der Waals surface area contributed by atoms with Gasteiger partial charge in [-0.3, -0.25) is 4.79 Å². The molecule has 2 rings (SSSR count). The molecule has 0 aliphatic heterocycles. The third-order valence-electron chi connectivity index (χ3n) is 3.55. The zero-order valence-corrected chi connectivity index (χ0v) is 14.7. The second kappa shape index (κ2) is 9.08. The van der Waals surface area contributed by atoms with E-state index < -0.39 is 5.97 Å². The number of amides is 1. The summed E-state index contributed by atoms with van der Waals surface area (Å²) in [5, 5.41) is 12.2. The number of halogens is 1. The molecule has 0 fully saturated rings. The fraction of sp³-hybridized carbons (Fsp3) is 0.263. The van der Waals surface area contributed by atoms with E-state index in [1.165, 1.54) is 0 Å². The first-order valence-electron chi connectivity index (χ1n) is 8.04. The Bertz CT molecular complexity index is 744. The van der Waals surface area contributed by atoms with Crippen molar-refractivity contribution in [3.05, 3.63) is 64.2 Å². The van der Waals surface area contributed by atoms with Crippen LogP contribution in [0.1, 0.15) is 39.6 Å². The van der Waals surface area contributed by atoms with Crippen LogP contribution in [0.2, 0.25) is 5.02 Å². The number of hydrogen-bond donors (Lipinski definition) is 2. The molecule has 0 bridgehead atoms. The monoisotopic (exact) mass is 361 g/mol. The number of carboxylic acid groups (broad SMARTS) is 1. The summed E-state index contributed by atoms with van der Waals surface area (Å²) < 4.78 is 5.59. The summed E-state index contributed by atoms with van der Waals surface area (Å²) in [5.74, 6) is -0.703. The molecule has 0 aliphatic carbocycles. The van der Waals surface area contributed by atoms with Gasteiger partial charge in [0, 0.05) is 11.6 Å². The first-order chi connectivity index (χ1) is 12.0. The number of carboxylic acids is 1. The van der Waals surface area contributed by atoms with Gasteiger partial charge in [0.1, 0.15) is 5.75 Å². The van der Waals surface area contributed by atoms with E-state index >= 15 is 0 Å². The highest BCUT2D eigenvalue weighted by atomic mass is 35.5. The Balaban J connectivity index is 1.95. The van der Waals surface area contributed by atoms with Gasteiger partial charge in [-0.15, -0.1) is 0 Å². The first-order valence-corrected chi connectivity index (χ1v) is 8.42. The van der Waals surface area contributed by atoms with E-state index in [4.69, 9.17) is 21.4 Å². The maximum absolute atomic E-state index is 12.4. The molecule has 1 amide bonds. The second-order valence-electron chi connectivity index (χ2n) is 5.50. The SMILES string of the molecule is CCCOc1ccc(Cl)cc1C(=O)NCCc1ccc(C(=O)O)cc1. The summed E-state index contributed by atoms with van der Waals surface area (Å²) in [4.78, 5) is 23.2. The van der Waals surface area contributed by atoms with Crippen molar-refractivity contribution in [2.45, 2.75) is 19.8 Å². The highest BCUT2D eigenvalue weighted by Gasteiger charge is 2.13. The molecule has 0 saturated carbocycles. The van der Waals surface area contributed by atoms with Gasteiger partial charge in [-0.05, 0) is 48.7 Å². The summed E-state index contributed by atoms with van der Waals surface area (Å²) in [6, 6.07) is 11.5. The minimum absolute atomic E-state index is 0.240. The lowest BCUT2D eigenvalue weighted by atomic mass is 10.1. The smallest absolute Gasteiger partial charge is 0.335 e. The molecule has 2 aromatic rings. The van der Waals surface area contributed by atoms with Gasteiger partial charge in [0.25, 0.3) is 5.91 Å². The number of carbonyl (C=O) groups excluding carboxylic acids is 1. The molecule has 6 heteroatoms. The molecule has 0 unspecified atom stereocenters. The quantitative estimate of drug-likeness (QED) is 0.749. The zero-order chi connectivity index (χ0) is 18.2. The van der Waals surface area contributed by atoms with E-state index in [1.807, 2.05) is 6.92 Å². The van der Waals surface area contributed by atoms with Crippen molar-refractivity contribution < 1.29 is 19.4 Å². The van der Waals surface area contributed by atoms with Crippen LogP contribution in [-0.4, -0.2) is 30.1 Å². The number of hydrogen-bond acceptors (Lipinski definition) is 3. The van der Waals surface area contributed by atoms with E-state index in [1.54, 1.807) is 42.5 Å². The second-order valence-corrected chi connectivity index (χ2v) is 5.93. The lowest BCUT2D eigenvalue weighted by Crippen LogP contribution is -2.26. The summed E-state index contributed by atoms with van der Waals surface area (Å²) in [6.45, 7) is 2.94. The van der Waals surface area contributed by atoms with E-state index in [9.17, 15) is 9.59 Å². The van der Waals surface area contributed by atoms with Crippen LogP contribution in [-0.2, 0) is 6.42 Å². The van der Waals surface area contributed by atoms with Crippen molar-refractivity contribution in [3.8, 4) is 5.75 Å². The number of ether oxygens (including phenoxy) is 1. The molecule has 5 nitrogen and oxygen atoms in total. The number of aromatic carboxylic acids is 1. The van der Waals surface area contributed by atoms with Crippen LogP contribution < -0.4 is 10.1 Å². The summed E-state index contributed by atoms with van der Waals surface area (Å²) in [6.07, 6.45) is 1.44. The van der Waals surface area contributed by atoms with Crippen molar-refractivity contribution in [1.82, 2.24) is 5.32 Å². The minimum atomic E-state index is -0.958. The predicted octanol–water partition coefficient (Wildman–Crippen LogP) is 3.80. The van der Waals surface area contributed by atoms with Gasteiger partial charge in [0.2, 0.25) is 0 Å². The molecule has 0 radical (unpaired) electrons. The van der Waals surface area contributed by atoms with Crippen molar-refractivity contribution in [2.75, 3.05) is 13.2 Å². The van der Waals surface area contributed by atoms with Crippen LogP contribution in [0, 0.1) is 0 Å².